The number of aryl methyl sites for hydroxylation is 1. The van der Waals surface area contributed by atoms with Gasteiger partial charge < -0.3 is 5.32 Å². The van der Waals surface area contributed by atoms with E-state index in [0.29, 0.717) is 5.13 Å². The van der Waals surface area contributed by atoms with Crippen molar-refractivity contribution in [3.8, 4) is 11.3 Å². The molecule has 0 saturated carbocycles. The van der Waals surface area contributed by atoms with Gasteiger partial charge in [-0.2, -0.15) is 0 Å². The Morgan fingerprint density at radius 3 is 2.82 bits per heavy atom. The number of hydrogen-bond acceptors (Lipinski definition) is 4. The molecule has 2 heterocycles. The maximum Gasteiger partial charge on any atom is 0.243 e. The summed E-state index contributed by atoms with van der Waals surface area (Å²) in [7, 11) is 2.02. The summed E-state index contributed by atoms with van der Waals surface area (Å²) in [6, 6.07) is 8.24. The van der Waals surface area contributed by atoms with Crippen LogP contribution in [0.2, 0.25) is 0 Å². The summed E-state index contributed by atoms with van der Waals surface area (Å²) in [5.74, 6) is 0.0620. The van der Waals surface area contributed by atoms with E-state index in [2.05, 4.69) is 46.4 Å². The first-order valence-corrected chi connectivity index (χ1v) is 8.55. The van der Waals surface area contributed by atoms with E-state index < -0.39 is 0 Å². The van der Waals surface area contributed by atoms with Crippen molar-refractivity contribution in [2.75, 3.05) is 18.9 Å². The number of carbonyl (C=O) groups is 1. The Morgan fingerprint density at radius 1 is 1.32 bits per heavy atom. The summed E-state index contributed by atoms with van der Waals surface area (Å²) in [5.41, 5.74) is 3.22. The Kier molecular flexibility index (Phi) is 4.55. The Balaban J connectivity index is 1.68. The Morgan fingerprint density at radius 2 is 2.09 bits per heavy atom. The molecule has 4 nitrogen and oxygen atoms in total. The van der Waals surface area contributed by atoms with Crippen molar-refractivity contribution in [2.45, 2.75) is 32.2 Å². The molecule has 1 unspecified atom stereocenters. The number of piperidine rings is 1. The molecule has 22 heavy (non-hydrogen) atoms. The molecule has 2 aromatic rings. The number of carbonyl (C=O) groups excluding carboxylic acids is 1. The van der Waals surface area contributed by atoms with Crippen LogP contribution in [0.1, 0.15) is 24.8 Å². The number of hydrogen-bond donors (Lipinski definition) is 1. The third kappa shape index (κ3) is 3.36. The summed E-state index contributed by atoms with van der Waals surface area (Å²) >= 11 is 1.48. The third-order valence-corrected chi connectivity index (χ3v) is 4.91. The molecule has 116 valence electrons. The van der Waals surface area contributed by atoms with Crippen LogP contribution in [0.15, 0.2) is 29.6 Å². The van der Waals surface area contributed by atoms with Crippen LogP contribution in [0.3, 0.4) is 0 Å². The molecule has 3 rings (SSSR count). The summed E-state index contributed by atoms with van der Waals surface area (Å²) in [4.78, 5) is 19.1. The van der Waals surface area contributed by atoms with Crippen LogP contribution in [-0.4, -0.2) is 35.4 Å². The number of thiazole rings is 1. The van der Waals surface area contributed by atoms with Gasteiger partial charge in [-0.3, -0.25) is 9.69 Å². The molecule has 1 fully saturated rings. The molecular weight excluding hydrogens is 294 g/mol. The van der Waals surface area contributed by atoms with Gasteiger partial charge in [0, 0.05) is 10.9 Å². The number of rotatable bonds is 3. The molecule has 1 saturated heterocycles. The van der Waals surface area contributed by atoms with Crippen LogP contribution in [0.25, 0.3) is 11.3 Å². The third-order valence-electron chi connectivity index (χ3n) is 4.15. The minimum atomic E-state index is -0.0273. The summed E-state index contributed by atoms with van der Waals surface area (Å²) < 4.78 is 0. The van der Waals surface area contributed by atoms with E-state index >= 15 is 0 Å². The molecular formula is C17H21N3OS. The van der Waals surface area contributed by atoms with Crippen molar-refractivity contribution in [3.63, 3.8) is 0 Å². The molecule has 1 aliphatic rings. The largest absolute Gasteiger partial charge is 0.301 e. The number of anilines is 1. The zero-order valence-electron chi connectivity index (χ0n) is 13.0. The number of benzene rings is 1. The minimum absolute atomic E-state index is 0.0273. The van der Waals surface area contributed by atoms with E-state index in [4.69, 9.17) is 0 Å². The lowest BCUT2D eigenvalue weighted by Crippen LogP contribution is -2.44. The number of aromatic nitrogens is 1. The van der Waals surface area contributed by atoms with Crippen LogP contribution in [0, 0.1) is 6.92 Å². The van der Waals surface area contributed by atoms with Gasteiger partial charge in [-0.25, -0.2) is 4.98 Å². The first kappa shape index (κ1) is 15.2. The van der Waals surface area contributed by atoms with Gasteiger partial charge in [0.15, 0.2) is 5.13 Å². The van der Waals surface area contributed by atoms with E-state index in [1.807, 2.05) is 12.4 Å². The Bertz CT molecular complexity index is 650. The molecule has 1 aromatic heterocycles. The summed E-state index contributed by atoms with van der Waals surface area (Å²) in [5, 5.41) is 5.64. The predicted molar refractivity (Wildman–Crippen MR) is 91.2 cm³/mol. The molecule has 0 spiro atoms. The highest BCUT2D eigenvalue weighted by Gasteiger charge is 2.26. The second kappa shape index (κ2) is 6.58. The molecule has 1 N–H and O–H groups in total. The summed E-state index contributed by atoms with van der Waals surface area (Å²) in [6.07, 6.45) is 3.22. The average Bonchev–Trinajstić information content (AvgIpc) is 2.97. The molecule has 5 heteroatoms. The number of likely N-dealkylation sites (N-methyl/N-ethyl adjacent to an activating group) is 1. The van der Waals surface area contributed by atoms with Crippen molar-refractivity contribution in [3.05, 3.63) is 35.2 Å². The van der Waals surface area contributed by atoms with E-state index in [1.165, 1.54) is 23.3 Å². The molecule has 1 atom stereocenters. The predicted octanol–water partition coefficient (Wildman–Crippen LogP) is 3.54. The number of amides is 1. The van der Waals surface area contributed by atoms with E-state index in [9.17, 15) is 4.79 Å². The molecule has 0 aliphatic carbocycles. The topological polar surface area (TPSA) is 45.2 Å². The van der Waals surface area contributed by atoms with E-state index in [1.54, 1.807) is 0 Å². The second-order valence-electron chi connectivity index (χ2n) is 5.89. The molecule has 1 aliphatic heterocycles. The number of likely N-dealkylation sites (tertiary alicyclic amines) is 1. The average molecular weight is 315 g/mol. The molecule has 0 bridgehead atoms. The number of nitrogens with zero attached hydrogens (tertiary/aromatic N) is 2. The van der Waals surface area contributed by atoms with Gasteiger partial charge in [0.2, 0.25) is 5.91 Å². The van der Waals surface area contributed by atoms with Crippen molar-refractivity contribution in [1.82, 2.24) is 9.88 Å². The Labute approximate surface area is 135 Å². The first-order chi connectivity index (χ1) is 10.6. The second-order valence-corrected chi connectivity index (χ2v) is 6.74. The fourth-order valence-electron chi connectivity index (χ4n) is 2.78. The van der Waals surface area contributed by atoms with Crippen molar-refractivity contribution in [1.29, 1.82) is 0 Å². The lowest BCUT2D eigenvalue weighted by atomic mass is 10.0. The highest BCUT2D eigenvalue weighted by atomic mass is 32.1. The standard InChI is InChI=1S/C17H21N3OS/c1-12-6-8-13(9-7-12)14-11-22-17(18-14)19-16(21)15-5-3-4-10-20(15)2/h6-9,11,15H,3-5,10H2,1-2H3,(H,18,19,21). The summed E-state index contributed by atoms with van der Waals surface area (Å²) in [6.45, 7) is 3.06. The fourth-order valence-corrected chi connectivity index (χ4v) is 3.51. The Hall–Kier alpha value is -1.72. The van der Waals surface area contributed by atoms with Crippen LogP contribution in [0.5, 0.6) is 0 Å². The van der Waals surface area contributed by atoms with Crippen molar-refractivity contribution in [2.24, 2.45) is 0 Å². The van der Waals surface area contributed by atoms with Gasteiger partial charge in [0.25, 0.3) is 0 Å². The lowest BCUT2D eigenvalue weighted by Gasteiger charge is -2.30. The highest BCUT2D eigenvalue weighted by molar-refractivity contribution is 7.14. The van der Waals surface area contributed by atoms with Gasteiger partial charge in [0.05, 0.1) is 11.7 Å². The maximum atomic E-state index is 12.4. The zero-order chi connectivity index (χ0) is 15.5. The van der Waals surface area contributed by atoms with E-state index in [0.717, 1.165) is 30.6 Å². The van der Waals surface area contributed by atoms with Crippen molar-refractivity contribution < 1.29 is 4.79 Å². The molecule has 1 aromatic carbocycles. The SMILES string of the molecule is Cc1ccc(-c2csc(NC(=O)C3CCCCN3C)n2)cc1. The van der Waals surface area contributed by atoms with Gasteiger partial charge in [-0.15, -0.1) is 11.3 Å². The zero-order valence-corrected chi connectivity index (χ0v) is 13.8. The fraction of sp³-hybridized carbons (Fsp3) is 0.412. The first-order valence-electron chi connectivity index (χ1n) is 7.67. The van der Waals surface area contributed by atoms with Crippen LogP contribution in [0.4, 0.5) is 5.13 Å². The highest BCUT2D eigenvalue weighted by Crippen LogP contribution is 2.26. The molecule has 0 radical (unpaired) electrons. The molecule has 1 amide bonds. The van der Waals surface area contributed by atoms with E-state index in [-0.39, 0.29) is 11.9 Å². The normalized spacial score (nSPS) is 19.1. The van der Waals surface area contributed by atoms with Gasteiger partial charge in [-0.05, 0) is 33.4 Å². The minimum Gasteiger partial charge on any atom is -0.301 e. The van der Waals surface area contributed by atoms with Crippen LogP contribution in [-0.2, 0) is 4.79 Å². The lowest BCUT2D eigenvalue weighted by molar-refractivity contribution is -0.121. The van der Waals surface area contributed by atoms with Gasteiger partial charge in [-0.1, -0.05) is 36.2 Å². The maximum absolute atomic E-state index is 12.4. The quantitative estimate of drug-likeness (QED) is 0.942. The van der Waals surface area contributed by atoms with Gasteiger partial charge in [0.1, 0.15) is 0 Å². The smallest absolute Gasteiger partial charge is 0.243 e. The van der Waals surface area contributed by atoms with Crippen LogP contribution < -0.4 is 5.32 Å². The van der Waals surface area contributed by atoms with Crippen molar-refractivity contribution >= 4 is 22.4 Å². The monoisotopic (exact) mass is 315 g/mol. The number of nitrogens with one attached hydrogen (secondary N) is 1. The van der Waals surface area contributed by atoms with Crippen LogP contribution >= 0.6 is 11.3 Å². The van der Waals surface area contributed by atoms with Gasteiger partial charge >= 0.3 is 0 Å².